The molecule has 0 amide bonds. The second-order valence-electron chi connectivity index (χ2n) is 8.40. The first-order valence-electron chi connectivity index (χ1n) is 10.3. The van der Waals surface area contributed by atoms with Gasteiger partial charge in [0, 0.05) is 29.1 Å². The topological polar surface area (TPSA) is 76.2 Å². The Labute approximate surface area is 187 Å². The molecular formula is C22H26F5N3O3. The van der Waals surface area contributed by atoms with E-state index in [1.165, 1.54) is 13.0 Å². The Morgan fingerprint density at radius 3 is 2.45 bits per heavy atom. The molecule has 5 atom stereocenters. The number of H-pyrrole nitrogens is 1. The Morgan fingerprint density at radius 1 is 1.30 bits per heavy atom. The SMILES string of the molecule is CN[C@@H](C)c1c(C)nc([C@@H]2O[C@@](C)(C(F)(F)F)[C@@H](C)[C@H]2c2ccc(F)c(F)c2OC)[nH]c1=O. The van der Waals surface area contributed by atoms with Crippen molar-refractivity contribution in [2.24, 2.45) is 5.92 Å². The van der Waals surface area contributed by atoms with E-state index in [0.717, 1.165) is 20.1 Å². The summed E-state index contributed by atoms with van der Waals surface area (Å²) in [4.78, 5) is 19.7. The van der Waals surface area contributed by atoms with Gasteiger partial charge in [-0.15, -0.1) is 0 Å². The zero-order valence-electron chi connectivity index (χ0n) is 19.0. The summed E-state index contributed by atoms with van der Waals surface area (Å²) in [5, 5.41) is 2.92. The average Bonchev–Trinajstić information content (AvgIpc) is 3.01. The van der Waals surface area contributed by atoms with Gasteiger partial charge in [0.1, 0.15) is 11.9 Å². The minimum atomic E-state index is -4.79. The fourth-order valence-corrected chi connectivity index (χ4v) is 4.46. The maximum absolute atomic E-state index is 14.5. The molecule has 33 heavy (non-hydrogen) atoms. The number of alkyl halides is 3. The second-order valence-corrected chi connectivity index (χ2v) is 8.40. The summed E-state index contributed by atoms with van der Waals surface area (Å²) in [6.07, 6.45) is -6.20. The molecule has 0 saturated carbocycles. The summed E-state index contributed by atoms with van der Waals surface area (Å²) in [6, 6.07) is 1.62. The molecule has 2 aromatic rings. The predicted molar refractivity (Wildman–Crippen MR) is 110 cm³/mol. The van der Waals surface area contributed by atoms with Gasteiger partial charge in [0.15, 0.2) is 17.2 Å². The molecule has 1 aromatic carbocycles. The Hall–Kier alpha value is -2.53. The van der Waals surface area contributed by atoms with E-state index in [1.807, 2.05) is 0 Å². The van der Waals surface area contributed by atoms with Gasteiger partial charge in [-0.25, -0.2) is 9.37 Å². The van der Waals surface area contributed by atoms with Gasteiger partial charge in [-0.3, -0.25) is 4.79 Å². The lowest BCUT2D eigenvalue weighted by molar-refractivity contribution is -0.275. The molecule has 0 unspecified atom stereocenters. The largest absolute Gasteiger partial charge is 0.493 e. The number of nitrogens with zero attached hydrogens (tertiary/aromatic N) is 1. The van der Waals surface area contributed by atoms with E-state index in [4.69, 9.17) is 9.47 Å². The molecule has 0 bridgehead atoms. The van der Waals surface area contributed by atoms with Crippen LogP contribution in [0.2, 0.25) is 0 Å². The summed E-state index contributed by atoms with van der Waals surface area (Å²) in [6.45, 7) is 5.50. The lowest BCUT2D eigenvalue weighted by Crippen LogP contribution is -2.46. The molecule has 1 aromatic heterocycles. The number of aromatic nitrogens is 2. The zero-order valence-corrected chi connectivity index (χ0v) is 19.0. The van der Waals surface area contributed by atoms with Crippen LogP contribution >= 0.6 is 0 Å². The number of ether oxygens (including phenoxy) is 2. The highest BCUT2D eigenvalue weighted by atomic mass is 19.4. The number of methoxy groups -OCH3 is 1. The summed E-state index contributed by atoms with van der Waals surface area (Å²) in [7, 11) is 2.75. The fourth-order valence-electron chi connectivity index (χ4n) is 4.46. The molecule has 0 aliphatic carbocycles. The number of aromatic amines is 1. The highest BCUT2D eigenvalue weighted by Gasteiger charge is 2.65. The zero-order chi connectivity index (χ0) is 24.9. The van der Waals surface area contributed by atoms with Gasteiger partial charge in [-0.05, 0) is 33.9 Å². The van der Waals surface area contributed by atoms with Crippen LogP contribution in [0.25, 0.3) is 0 Å². The number of aryl methyl sites for hydroxylation is 1. The van der Waals surface area contributed by atoms with Crippen molar-refractivity contribution in [3.8, 4) is 5.75 Å². The molecule has 11 heteroatoms. The first kappa shape index (κ1) is 25.1. The highest BCUT2D eigenvalue weighted by Crippen LogP contribution is 2.59. The number of hydrogen-bond acceptors (Lipinski definition) is 5. The highest BCUT2D eigenvalue weighted by molar-refractivity contribution is 5.41. The minimum absolute atomic E-state index is 0.0187. The van der Waals surface area contributed by atoms with Crippen LogP contribution in [-0.2, 0) is 4.74 Å². The fraction of sp³-hybridized carbons (Fsp3) is 0.545. The van der Waals surface area contributed by atoms with Crippen LogP contribution in [0.5, 0.6) is 5.75 Å². The Kier molecular flexibility index (Phi) is 6.60. The van der Waals surface area contributed by atoms with Crippen LogP contribution in [0.1, 0.15) is 61.5 Å². The molecule has 3 rings (SSSR count). The quantitative estimate of drug-likeness (QED) is 0.625. The molecule has 182 valence electrons. The van der Waals surface area contributed by atoms with Crippen LogP contribution in [0, 0.1) is 24.5 Å². The number of rotatable bonds is 5. The lowest BCUT2D eigenvalue weighted by atomic mass is 9.77. The van der Waals surface area contributed by atoms with Crippen LogP contribution < -0.4 is 15.6 Å². The molecule has 6 nitrogen and oxygen atoms in total. The Balaban J connectivity index is 2.25. The van der Waals surface area contributed by atoms with E-state index in [-0.39, 0.29) is 17.4 Å². The number of nitrogens with one attached hydrogen (secondary N) is 2. The molecule has 1 aliphatic heterocycles. The van der Waals surface area contributed by atoms with Crippen molar-refractivity contribution >= 4 is 0 Å². The third kappa shape index (κ3) is 4.01. The molecule has 1 aliphatic rings. The van der Waals surface area contributed by atoms with Gasteiger partial charge in [-0.2, -0.15) is 17.6 Å². The van der Waals surface area contributed by atoms with E-state index < -0.39 is 52.7 Å². The van der Waals surface area contributed by atoms with E-state index in [0.29, 0.717) is 11.3 Å². The maximum Gasteiger partial charge on any atom is 0.417 e. The van der Waals surface area contributed by atoms with Crippen molar-refractivity contribution in [2.45, 2.75) is 57.5 Å². The molecule has 0 spiro atoms. The predicted octanol–water partition coefficient (Wildman–Crippen LogP) is 4.46. The van der Waals surface area contributed by atoms with Crippen molar-refractivity contribution in [1.82, 2.24) is 15.3 Å². The Bertz CT molecular complexity index is 1100. The number of hydrogen-bond donors (Lipinski definition) is 2. The third-order valence-corrected chi connectivity index (χ3v) is 6.61. The summed E-state index contributed by atoms with van der Waals surface area (Å²) in [5.74, 6) is -5.60. The first-order valence-corrected chi connectivity index (χ1v) is 10.3. The van der Waals surface area contributed by atoms with E-state index >= 15 is 0 Å². The maximum atomic E-state index is 14.5. The summed E-state index contributed by atoms with van der Waals surface area (Å²) in [5.41, 5.74) is -2.57. The molecule has 0 radical (unpaired) electrons. The van der Waals surface area contributed by atoms with Gasteiger partial charge >= 0.3 is 6.18 Å². The second kappa shape index (κ2) is 8.68. The summed E-state index contributed by atoms with van der Waals surface area (Å²) < 4.78 is 81.1. The molecule has 2 N–H and O–H groups in total. The number of halogens is 5. The average molecular weight is 475 g/mol. The van der Waals surface area contributed by atoms with Crippen molar-refractivity contribution in [2.75, 3.05) is 14.2 Å². The molecular weight excluding hydrogens is 449 g/mol. The van der Waals surface area contributed by atoms with Crippen molar-refractivity contribution < 1.29 is 31.4 Å². The Morgan fingerprint density at radius 2 is 1.94 bits per heavy atom. The van der Waals surface area contributed by atoms with Gasteiger partial charge in [0.25, 0.3) is 5.56 Å². The first-order chi connectivity index (χ1) is 15.3. The third-order valence-electron chi connectivity index (χ3n) is 6.61. The molecule has 1 saturated heterocycles. The molecule has 2 heterocycles. The minimum Gasteiger partial charge on any atom is -0.493 e. The summed E-state index contributed by atoms with van der Waals surface area (Å²) >= 11 is 0. The van der Waals surface area contributed by atoms with E-state index in [1.54, 1.807) is 20.9 Å². The van der Waals surface area contributed by atoms with Crippen LogP contribution in [0.3, 0.4) is 0 Å². The van der Waals surface area contributed by atoms with Crippen molar-refractivity contribution in [3.63, 3.8) is 0 Å². The van der Waals surface area contributed by atoms with Gasteiger partial charge < -0.3 is 19.8 Å². The van der Waals surface area contributed by atoms with Gasteiger partial charge in [0.05, 0.1) is 12.7 Å². The van der Waals surface area contributed by atoms with Crippen LogP contribution in [0.15, 0.2) is 16.9 Å². The lowest BCUT2D eigenvalue weighted by Gasteiger charge is -2.32. The van der Waals surface area contributed by atoms with E-state index in [2.05, 4.69) is 15.3 Å². The monoisotopic (exact) mass is 475 g/mol. The smallest absolute Gasteiger partial charge is 0.417 e. The number of benzene rings is 1. The van der Waals surface area contributed by atoms with Crippen LogP contribution in [-0.4, -0.2) is 35.9 Å². The molecule has 1 fully saturated rings. The van der Waals surface area contributed by atoms with Gasteiger partial charge in [0.2, 0.25) is 5.82 Å². The van der Waals surface area contributed by atoms with E-state index in [9.17, 15) is 26.7 Å². The van der Waals surface area contributed by atoms with Gasteiger partial charge in [-0.1, -0.05) is 13.0 Å². The van der Waals surface area contributed by atoms with Crippen molar-refractivity contribution in [1.29, 1.82) is 0 Å². The van der Waals surface area contributed by atoms with Crippen molar-refractivity contribution in [3.05, 3.63) is 56.8 Å². The normalized spacial score (nSPS) is 26.5. The van der Waals surface area contributed by atoms with Crippen LogP contribution in [0.4, 0.5) is 22.0 Å². The standard InChI is InChI=1S/C22H26F5N3O3/c1-9-14(12-7-8-13(23)16(24)17(12)32-6)18(33-21(9,4)22(25,26)27)19-29-11(3)15(10(2)28-5)20(31)30-19/h7-10,14,18,28H,1-6H3,(H,29,30,31)/t9-,10-,14-,18+,21+/m0/s1.